The predicted octanol–water partition coefficient (Wildman–Crippen LogP) is 4.38. The summed E-state index contributed by atoms with van der Waals surface area (Å²) in [5.41, 5.74) is 3.99. The molecule has 1 amide bonds. The second kappa shape index (κ2) is 9.59. The van der Waals surface area contributed by atoms with Crippen LogP contribution in [0.25, 0.3) is 10.9 Å². The number of hydrogen-bond acceptors (Lipinski definition) is 5. The summed E-state index contributed by atoms with van der Waals surface area (Å²) in [5, 5.41) is 3.77. The molecule has 1 heterocycles. The quantitative estimate of drug-likeness (QED) is 0.448. The van der Waals surface area contributed by atoms with Crippen molar-refractivity contribution in [1.29, 1.82) is 0 Å². The van der Waals surface area contributed by atoms with Gasteiger partial charge in [0.15, 0.2) is 0 Å². The molecule has 0 spiro atoms. The van der Waals surface area contributed by atoms with Crippen LogP contribution in [-0.4, -0.2) is 30.0 Å². The third-order valence-corrected chi connectivity index (χ3v) is 5.08. The van der Waals surface area contributed by atoms with Crippen LogP contribution in [0.4, 0.5) is 0 Å². The van der Waals surface area contributed by atoms with Crippen molar-refractivity contribution in [2.45, 2.75) is 27.4 Å². The number of aromatic nitrogens is 1. The van der Waals surface area contributed by atoms with Crippen molar-refractivity contribution in [1.82, 2.24) is 10.3 Å². The van der Waals surface area contributed by atoms with Crippen molar-refractivity contribution in [3.63, 3.8) is 0 Å². The molecule has 2 aromatic carbocycles. The number of carbonyl (C=O) groups is 2. The maximum atomic E-state index is 12.3. The zero-order valence-corrected chi connectivity index (χ0v) is 17.9. The first kappa shape index (κ1) is 21.6. The van der Waals surface area contributed by atoms with E-state index >= 15 is 0 Å². The number of benzene rings is 2. The van der Waals surface area contributed by atoms with Crippen LogP contribution in [0.1, 0.15) is 34.0 Å². The minimum Gasteiger partial charge on any atom is -0.493 e. The number of nitrogens with zero attached hydrogens (tertiary/aromatic N) is 1. The van der Waals surface area contributed by atoms with E-state index < -0.39 is 11.9 Å². The number of esters is 1. The van der Waals surface area contributed by atoms with Crippen molar-refractivity contribution in [2.75, 3.05) is 13.2 Å². The molecule has 0 saturated heterocycles. The maximum Gasteiger partial charge on any atom is 0.325 e. The summed E-state index contributed by atoms with van der Waals surface area (Å²) in [6.45, 7) is 5.98. The second-order valence-corrected chi connectivity index (χ2v) is 7.15. The Balaban J connectivity index is 1.60. The van der Waals surface area contributed by atoms with E-state index in [9.17, 15) is 9.59 Å². The van der Waals surface area contributed by atoms with E-state index in [1.165, 1.54) is 0 Å². The lowest BCUT2D eigenvalue weighted by Gasteiger charge is -2.11. The van der Waals surface area contributed by atoms with Gasteiger partial charge in [-0.15, -0.1) is 0 Å². The molecular formula is C23H23ClN2O4. The first-order valence-corrected chi connectivity index (χ1v) is 9.99. The number of para-hydroxylation sites is 1. The fraction of sp³-hybridized carbons (Fsp3) is 0.261. The molecule has 3 aromatic rings. The van der Waals surface area contributed by atoms with E-state index in [1.807, 2.05) is 39.0 Å². The number of amides is 1. The number of ether oxygens (including phenoxy) is 2. The number of pyridine rings is 1. The summed E-state index contributed by atoms with van der Waals surface area (Å²) in [5.74, 6) is -0.522. The van der Waals surface area contributed by atoms with E-state index in [-0.39, 0.29) is 13.2 Å². The summed E-state index contributed by atoms with van der Waals surface area (Å²) in [6, 6.07) is 12.7. The van der Waals surface area contributed by atoms with Gasteiger partial charge in [0, 0.05) is 10.9 Å². The Bertz CT molecular complexity index is 1100. The second-order valence-electron chi connectivity index (χ2n) is 6.79. The number of carbonyl (C=O) groups excluding carboxylic acids is 2. The van der Waals surface area contributed by atoms with Gasteiger partial charge < -0.3 is 14.8 Å². The Hall–Kier alpha value is -3.12. The van der Waals surface area contributed by atoms with E-state index in [0.29, 0.717) is 28.6 Å². The molecular weight excluding hydrogens is 404 g/mol. The Morgan fingerprint density at radius 3 is 2.67 bits per heavy atom. The van der Waals surface area contributed by atoms with Gasteiger partial charge in [0.2, 0.25) is 0 Å². The van der Waals surface area contributed by atoms with Gasteiger partial charge in [-0.3, -0.25) is 9.59 Å². The Morgan fingerprint density at radius 1 is 1.13 bits per heavy atom. The molecule has 0 saturated carbocycles. The number of halogens is 1. The standard InChI is InChI=1S/C23H23ClN2O4/c1-4-29-19-8-6-5-7-18(19)23(28)25-12-20(27)30-13-17-11-16-10-9-14(2)15(3)21(16)26-22(17)24/h5-11H,4,12-13H2,1-3H3,(H,25,28). The molecule has 3 rings (SSSR count). The molecule has 0 bridgehead atoms. The average molecular weight is 427 g/mol. The molecule has 0 atom stereocenters. The third-order valence-electron chi connectivity index (χ3n) is 4.75. The number of fused-ring (bicyclic) bond motifs is 1. The minimum atomic E-state index is -0.575. The lowest BCUT2D eigenvalue weighted by Crippen LogP contribution is -2.30. The highest BCUT2D eigenvalue weighted by Gasteiger charge is 2.15. The monoisotopic (exact) mass is 426 g/mol. The summed E-state index contributed by atoms with van der Waals surface area (Å²) in [6.07, 6.45) is 0. The van der Waals surface area contributed by atoms with Gasteiger partial charge in [0.25, 0.3) is 5.91 Å². The topological polar surface area (TPSA) is 77.5 Å². The lowest BCUT2D eigenvalue weighted by atomic mass is 10.0. The molecule has 0 aliphatic rings. The molecule has 156 valence electrons. The van der Waals surface area contributed by atoms with E-state index in [4.69, 9.17) is 21.1 Å². The van der Waals surface area contributed by atoms with Crippen molar-refractivity contribution in [2.24, 2.45) is 0 Å². The number of aryl methyl sites for hydroxylation is 2. The van der Waals surface area contributed by atoms with Crippen LogP contribution in [-0.2, 0) is 16.1 Å². The Kier molecular flexibility index (Phi) is 6.90. The summed E-state index contributed by atoms with van der Waals surface area (Å²) < 4.78 is 10.7. The van der Waals surface area contributed by atoms with Crippen molar-refractivity contribution in [3.8, 4) is 5.75 Å². The predicted molar refractivity (Wildman–Crippen MR) is 116 cm³/mol. The zero-order chi connectivity index (χ0) is 21.7. The number of rotatable bonds is 7. The Labute approximate surface area is 180 Å². The van der Waals surface area contributed by atoms with Gasteiger partial charge in [0.05, 0.1) is 17.7 Å². The molecule has 0 unspecified atom stereocenters. The Morgan fingerprint density at radius 2 is 1.90 bits per heavy atom. The van der Waals surface area contributed by atoms with Crippen molar-refractivity contribution >= 4 is 34.4 Å². The first-order valence-electron chi connectivity index (χ1n) is 9.61. The number of hydrogen-bond donors (Lipinski definition) is 1. The van der Waals surface area contributed by atoms with Crippen molar-refractivity contribution < 1.29 is 19.1 Å². The maximum absolute atomic E-state index is 12.3. The molecule has 0 aliphatic heterocycles. The van der Waals surface area contributed by atoms with Gasteiger partial charge in [0.1, 0.15) is 24.1 Å². The summed E-state index contributed by atoms with van der Waals surface area (Å²) >= 11 is 6.28. The molecule has 1 N–H and O–H groups in total. The van der Waals surface area contributed by atoms with Crippen LogP contribution in [0.5, 0.6) is 5.75 Å². The van der Waals surface area contributed by atoms with Gasteiger partial charge >= 0.3 is 5.97 Å². The smallest absolute Gasteiger partial charge is 0.325 e. The highest BCUT2D eigenvalue weighted by molar-refractivity contribution is 6.30. The molecule has 0 radical (unpaired) electrons. The van der Waals surface area contributed by atoms with Gasteiger partial charge in [-0.05, 0) is 50.1 Å². The van der Waals surface area contributed by atoms with Crippen LogP contribution in [0.3, 0.4) is 0 Å². The summed E-state index contributed by atoms with van der Waals surface area (Å²) in [7, 11) is 0. The van der Waals surface area contributed by atoms with Gasteiger partial charge in [-0.25, -0.2) is 4.98 Å². The highest BCUT2D eigenvalue weighted by Crippen LogP contribution is 2.25. The summed E-state index contributed by atoms with van der Waals surface area (Å²) in [4.78, 5) is 28.9. The largest absolute Gasteiger partial charge is 0.493 e. The van der Waals surface area contributed by atoms with E-state index in [2.05, 4.69) is 10.3 Å². The molecule has 0 fully saturated rings. The molecule has 30 heavy (non-hydrogen) atoms. The zero-order valence-electron chi connectivity index (χ0n) is 17.1. The molecule has 7 heteroatoms. The fourth-order valence-corrected chi connectivity index (χ4v) is 3.19. The van der Waals surface area contributed by atoms with Gasteiger partial charge in [-0.2, -0.15) is 0 Å². The van der Waals surface area contributed by atoms with Crippen LogP contribution in [0.15, 0.2) is 42.5 Å². The molecule has 6 nitrogen and oxygen atoms in total. The SMILES string of the molecule is CCOc1ccccc1C(=O)NCC(=O)OCc1cc2ccc(C)c(C)c2nc1Cl. The molecule has 0 aliphatic carbocycles. The number of nitrogens with one attached hydrogen (secondary N) is 1. The van der Waals surface area contributed by atoms with Crippen LogP contribution in [0, 0.1) is 13.8 Å². The van der Waals surface area contributed by atoms with Crippen LogP contribution in [0.2, 0.25) is 5.15 Å². The van der Waals surface area contributed by atoms with E-state index in [0.717, 1.165) is 22.0 Å². The lowest BCUT2D eigenvalue weighted by molar-refractivity contribution is -0.143. The van der Waals surface area contributed by atoms with Gasteiger partial charge in [-0.1, -0.05) is 35.9 Å². The fourth-order valence-electron chi connectivity index (χ4n) is 3.00. The highest BCUT2D eigenvalue weighted by atomic mass is 35.5. The van der Waals surface area contributed by atoms with Crippen LogP contribution >= 0.6 is 11.6 Å². The third kappa shape index (κ3) is 4.89. The normalized spacial score (nSPS) is 10.7. The minimum absolute atomic E-state index is 0.0288. The van der Waals surface area contributed by atoms with Crippen LogP contribution < -0.4 is 10.1 Å². The van der Waals surface area contributed by atoms with E-state index in [1.54, 1.807) is 24.3 Å². The average Bonchev–Trinajstić information content (AvgIpc) is 2.74. The molecule has 1 aromatic heterocycles. The first-order chi connectivity index (χ1) is 14.4. The van der Waals surface area contributed by atoms with Crippen molar-refractivity contribution in [3.05, 3.63) is 69.9 Å².